The fraction of sp³-hybridized carbons (Fsp3) is 0.185. The summed E-state index contributed by atoms with van der Waals surface area (Å²) < 4.78 is 18.1. The summed E-state index contributed by atoms with van der Waals surface area (Å²) in [5.41, 5.74) is 3.15. The molecule has 37 heavy (non-hydrogen) atoms. The molecule has 0 spiro atoms. The first-order valence-electron chi connectivity index (χ1n) is 11.7. The number of nitrogens with one attached hydrogen (secondary N) is 2. The molecule has 3 heterocycles. The first-order chi connectivity index (χ1) is 17.9. The Balaban J connectivity index is 1.26. The maximum Gasteiger partial charge on any atom is 0.270 e. The molecule has 2 aromatic carbocycles. The number of nitrogens with zero attached hydrogens (tertiary/aromatic N) is 3. The van der Waals surface area contributed by atoms with E-state index < -0.39 is 10.8 Å². The topological polar surface area (TPSA) is 119 Å². The Hall–Kier alpha value is -3.99. The Kier molecular flexibility index (Phi) is 6.79. The van der Waals surface area contributed by atoms with Crippen molar-refractivity contribution in [1.82, 2.24) is 20.2 Å². The second kappa shape index (κ2) is 10.2. The standard InChI is InChI=1S/C27H27N5O4S/c1-18-15-20(27(34)32-16-21(17-32)30-26(33)23-9-3-4-13-28-23)11-12-22(18)31-37(35,36-2)24-10-5-7-19-8-6-14-29-25(19)24/h3-15,21,31,35H,16-17H2,1-2H3,(H,30,33)/p+1. The second-order valence-corrected chi connectivity index (χ2v) is 10.9. The molecular weight excluding hydrogens is 490 g/mol. The molecule has 1 unspecified atom stereocenters. The summed E-state index contributed by atoms with van der Waals surface area (Å²) >= 11 is 0. The van der Waals surface area contributed by atoms with Crippen LogP contribution in [-0.2, 0) is 4.18 Å². The average molecular weight is 519 g/mol. The molecule has 4 N–H and O–H groups in total. The molecule has 2 amide bonds. The monoisotopic (exact) mass is 518 g/mol. The number of likely N-dealkylation sites (tertiary alicyclic amines) is 1. The number of aryl methyl sites for hydroxylation is 1. The van der Waals surface area contributed by atoms with Gasteiger partial charge in [-0.3, -0.25) is 19.6 Å². The Morgan fingerprint density at radius 2 is 1.81 bits per heavy atom. The summed E-state index contributed by atoms with van der Waals surface area (Å²) in [4.78, 5) is 36.2. The quantitative estimate of drug-likeness (QED) is 0.361. The number of fused-ring (bicyclic) bond motifs is 1. The molecule has 0 saturated carbocycles. The number of aromatic nitrogens is 2. The molecule has 1 aliphatic heterocycles. The van der Waals surface area contributed by atoms with E-state index in [0.717, 1.165) is 16.5 Å². The van der Waals surface area contributed by atoms with E-state index in [9.17, 15) is 9.59 Å². The first-order valence-corrected chi connectivity index (χ1v) is 13.3. The summed E-state index contributed by atoms with van der Waals surface area (Å²) in [6.07, 6.45) is 3.28. The van der Waals surface area contributed by atoms with Crippen LogP contribution < -0.4 is 10.0 Å². The van der Waals surface area contributed by atoms with Gasteiger partial charge in [0.2, 0.25) is 0 Å². The summed E-state index contributed by atoms with van der Waals surface area (Å²) in [6, 6.07) is 19.9. The fourth-order valence-electron chi connectivity index (χ4n) is 4.24. The van der Waals surface area contributed by atoms with Crippen LogP contribution in [-0.4, -0.2) is 57.5 Å². The van der Waals surface area contributed by atoms with Crippen molar-refractivity contribution in [2.24, 2.45) is 0 Å². The molecule has 2 aromatic heterocycles. The SMILES string of the molecule is COS([OH2+])(Nc1ccc(C(=O)N2CC(NC(=O)c3ccccn3)C2)cc1C)c1cccc2cccnc12. The fourth-order valence-corrected chi connectivity index (χ4v) is 5.86. The van der Waals surface area contributed by atoms with Gasteiger partial charge >= 0.3 is 0 Å². The van der Waals surface area contributed by atoms with Gasteiger partial charge in [-0.2, -0.15) is 0 Å². The van der Waals surface area contributed by atoms with Crippen LogP contribution in [0.25, 0.3) is 10.9 Å². The van der Waals surface area contributed by atoms with E-state index in [1.54, 1.807) is 53.7 Å². The van der Waals surface area contributed by atoms with E-state index in [2.05, 4.69) is 20.0 Å². The Bertz CT molecular complexity index is 1460. The number of amides is 2. The Morgan fingerprint density at radius 1 is 1.03 bits per heavy atom. The largest absolute Gasteiger partial charge is 0.344 e. The number of rotatable bonds is 7. The smallest absolute Gasteiger partial charge is 0.270 e. The molecule has 1 atom stereocenters. The van der Waals surface area contributed by atoms with Gasteiger partial charge in [-0.05, 0) is 55.0 Å². The predicted molar refractivity (Wildman–Crippen MR) is 144 cm³/mol. The van der Waals surface area contributed by atoms with Crippen molar-refractivity contribution >= 4 is 39.2 Å². The van der Waals surface area contributed by atoms with Crippen molar-refractivity contribution in [3.05, 3.63) is 95.9 Å². The van der Waals surface area contributed by atoms with Gasteiger partial charge in [-0.15, -0.1) is 0 Å². The summed E-state index contributed by atoms with van der Waals surface area (Å²) in [5, 5.41) is 3.84. The molecule has 1 saturated heterocycles. The normalized spacial score (nSPS) is 15.9. The molecule has 0 aliphatic carbocycles. The van der Waals surface area contributed by atoms with E-state index in [1.165, 1.54) is 7.11 Å². The number of benzene rings is 2. The van der Waals surface area contributed by atoms with Crippen molar-refractivity contribution < 1.29 is 18.3 Å². The van der Waals surface area contributed by atoms with Crippen molar-refractivity contribution in [2.45, 2.75) is 17.9 Å². The molecule has 4 aromatic rings. The van der Waals surface area contributed by atoms with Crippen LogP contribution in [0.4, 0.5) is 5.69 Å². The minimum atomic E-state index is -2.65. The predicted octanol–water partition coefficient (Wildman–Crippen LogP) is 3.58. The van der Waals surface area contributed by atoms with Crippen LogP contribution >= 0.6 is 10.8 Å². The Morgan fingerprint density at radius 3 is 2.54 bits per heavy atom. The maximum absolute atomic E-state index is 13.0. The van der Waals surface area contributed by atoms with Crippen LogP contribution in [0.5, 0.6) is 0 Å². The molecule has 9 nitrogen and oxygen atoms in total. The van der Waals surface area contributed by atoms with Gasteiger partial charge in [-0.1, -0.05) is 24.3 Å². The summed E-state index contributed by atoms with van der Waals surface area (Å²) in [5.74, 6) is -0.350. The van der Waals surface area contributed by atoms with Crippen LogP contribution in [0.15, 0.2) is 84.0 Å². The van der Waals surface area contributed by atoms with E-state index >= 15 is 0 Å². The zero-order valence-corrected chi connectivity index (χ0v) is 21.3. The molecule has 10 heteroatoms. The van der Waals surface area contributed by atoms with Crippen molar-refractivity contribution in [2.75, 3.05) is 24.9 Å². The lowest BCUT2D eigenvalue weighted by Gasteiger charge is -2.39. The molecule has 0 bridgehead atoms. The van der Waals surface area contributed by atoms with Crippen LogP contribution in [0.1, 0.15) is 26.4 Å². The van der Waals surface area contributed by atoms with Crippen molar-refractivity contribution in [3.63, 3.8) is 0 Å². The summed E-state index contributed by atoms with van der Waals surface area (Å²) in [6.45, 7) is 2.77. The highest BCUT2D eigenvalue weighted by molar-refractivity contribution is 8.26. The molecule has 0 radical (unpaired) electrons. The van der Waals surface area contributed by atoms with Crippen molar-refractivity contribution in [1.29, 1.82) is 0 Å². The highest BCUT2D eigenvalue weighted by Gasteiger charge is 2.33. The molecule has 1 aliphatic rings. The molecule has 5 rings (SSSR count). The number of para-hydroxylation sites is 1. The number of anilines is 1. The number of carbonyl (C=O) groups is 2. The lowest BCUT2D eigenvalue weighted by molar-refractivity contribution is 0.0542. The molecular formula is C27H28N5O4S+. The van der Waals surface area contributed by atoms with E-state index in [-0.39, 0.29) is 17.9 Å². The highest BCUT2D eigenvalue weighted by atomic mass is 32.3. The van der Waals surface area contributed by atoms with Crippen LogP contribution in [0, 0.1) is 6.92 Å². The zero-order chi connectivity index (χ0) is 26.0. The number of pyridine rings is 2. The first kappa shape index (κ1) is 24.7. The van der Waals surface area contributed by atoms with E-state index in [0.29, 0.717) is 34.9 Å². The number of hydrogen-bond donors (Lipinski definition) is 2. The third kappa shape index (κ3) is 4.99. The van der Waals surface area contributed by atoms with Crippen molar-refractivity contribution in [3.8, 4) is 0 Å². The van der Waals surface area contributed by atoms with Gasteiger partial charge in [0, 0.05) is 47.2 Å². The minimum absolute atomic E-state index is 0.104. The van der Waals surface area contributed by atoms with E-state index in [4.69, 9.17) is 8.74 Å². The second-order valence-electron chi connectivity index (χ2n) is 8.78. The lowest BCUT2D eigenvalue weighted by Crippen LogP contribution is -2.61. The number of carbonyl (C=O) groups excluding carboxylic acids is 2. The Labute approximate surface area is 216 Å². The third-order valence-electron chi connectivity index (χ3n) is 6.28. The van der Waals surface area contributed by atoms with Crippen LogP contribution in [0.3, 0.4) is 0 Å². The highest BCUT2D eigenvalue weighted by Crippen LogP contribution is 2.54. The van der Waals surface area contributed by atoms with Gasteiger partial charge in [-0.25, -0.2) is 8.91 Å². The zero-order valence-electron chi connectivity index (χ0n) is 20.5. The van der Waals surface area contributed by atoms with Gasteiger partial charge in [0.1, 0.15) is 5.69 Å². The van der Waals surface area contributed by atoms with Gasteiger partial charge < -0.3 is 14.8 Å². The lowest BCUT2D eigenvalue weighted by atomic mass is 10.0. The van der Waals surface area contributed by atoms with Gasteiger partial charge in [0.25, 0.3) is 11.8 Å². The van der Waals surface area contributed by atoms with Gasteiger partial charge in [0.05, 0.1) is 24.4 Å². The maximum atomic E-state index is 13.0. The molecule has 190 valence electrons. The summed E-state index contributed by atoms with van der Waals surface area (Å²) in [7, 11) is -1.13. The van der Waals surface area contributed by atoms with E-state index in [1.807, 2.05) is 37.3 Å². The third-order valence-corrected chi connectivity index (χ3v) is 8.24. The van der Waals surface area contributed by atoms with Gasteiger partial charge in [0.15, 0.2) is 4.90 Å². The van der Waals surface area contributed by atoms with Crippen LogP contribution in [0.2, 0.25) is 0 Å². The average Bonchev–Trinajstić information content (AvgIpc) is 2.91. The minimum Gasteiger partial charge on any atom is -0.344 e. The molecule has 1 fully saturated rings. The number of hydrogen-bond acceptors (Lipinski definition) is 6.